The molecule has 0 atom stereocenters. The van der Waals surface area contributed by atoms with Crippen molar-refractivity contribution in [3.63, 3.8) is 0 Å². The zero-order valence-corrected chi connectivity index (χ0v) is 12.9. The lowest BCUT2D eigenvalue weighted by atomic mass is 10.0. The largest absolute Gasteiger partial charge is 0.394 e. The highest BCUT2D eigenvalue weighted by Gasteiger charge is 2.34. The van der Waals surface area contributed by atoms with Crippen molar-refractivity contribution in [3.05, 3.63) is 28.0 Å². The number of nitrogens with one attached hydrogen (secondary N) is 1. The Bertz CT molecular complexity index is 582. The molecule has 0 aliphatic rings. The van der Waals surface area contributed by atoms with Crippen molar-refractivity contribution < 1.29 is 23.0 Å². The number of aliphatic hydroxyl groups is 2. The second-order valence-corrected chi connectivity index (χ2v) is 6.67. The molecule has 1 aromatic rings. The molecule has 0 aliphatic heterocycles. The fourth-order valence-electron chi connectivity index (χ4n) is 1.47. The molecule has 3 N–H and O–H groups in total. The quantitative estimate of drug-likeness (QED) is 0.682. The molecule has 0 amide bonds. The Balaban J connectivity index is 3.28. The van der Waals surface area contributed by atoms with Crippen LogP contribution in [0.2, 0.25) is 10.0 Å². The van der Waals surface area contributed by atoms with Crippen LogP contribution in [0.5, 0.6) is 0 Å². The van der Waals surface area contributed by atoms with Gasteiger partial charge in [-0.3, -0.25) is 0 Å². The summed E-state index contributed by atoms with van der Waals surface area (Å²) in [5.74, 6) is -1.05. The van der Waals surface area contributed by atoms with Gasteiger partial charge in [-0.25, -0.2) is 17.5 Å². The highest BCUT2D eigenvalue weighted by Crippen LogP contribution is 2.30. The molecule has 0 bridgehead atoms. The third-order valence-corrected chi connectivity index (χ3v) is 5.32. The van der Waals surface area contributed by atoms with Crippen molar-refractivity contribution in [2.45, 2.75) is 23.8 Å². The highest BCUT2D eigenvalue weighted by molar-refractivity contribution is 7.89. The van der Waals surface area contributed by atoms with Crippen molar-refractivity contribution >= 4 is 33.2 Å². The molecule has 114 valence electrons. The summed E-state index contributed by atoms with van der Waals surface area (Å²) in [6, 6.07) is 2.11. The summed E-state index contributed by atoms with van der Waals surface area (Å²) in [6.07, 6.45) is 0.132. The Labute approximate surface area is 126 Å². The number of halogens is 3. The second kappa shape index (κ2) is 6.55. The van der Waals surface area contributed by atoms with Gasteiger partial charge in [-0.05, 0) is 18.6 Å². The number of aliphatic hydroxyl groups excluding tert-OH is 2. The predicted octanol–water partition coefficient (Wildman–Crippen LogP) is 1.54. The summed E-state index contributed by atoms with van der Waals surface area (Å²) in [4.78, 5) is -0.513. The van der Waals surface area contributed by atoms with E-state index in [0.717, 1.165) is 12.1 Å². The number of rotatable bonds is 6. The fraction of sp³-hybridized carbons (Fsp3) is 0.455. The zero-order chi connectivity index (χ0) is 15.6. The summed E-state index contributed by atoms with van der Waals surface area (Å²) >= 11 is 11.1. The van der Waals surface area contributed by atoms with Crippen LogP contribution >= 0.6 is 23.2 Å². The van der Waals surface area contributed by atoms with E-state index >= 15 is 0 Å². The zero-order valence-electron chi connectivity index (χ0n) is 10.5. The van der Waals surface area contributed by atoms with Gasteiger partial charge >= 0.3 is 0 Å². The summed E-state index contributed by atoms with van der Waals surface area (Å²) < 4.78 is 40.0. The van der Waals surface area contributed by atoms with Crippen LogP contribution in [0.1, 0.15) is 13.3 Å². The smallest absolute Gasteiger partial charge is 0.242 e. The number of hydrogen-bond donors (Lipinski definition) is 3. The van der Waals surface area contributed by atoms with Gasteiger partial charge in [0.05, 0.1) is 28.8 Å². The maximum Gasteiger partial charge on any atom is 0.242 e. The molecule has 0 aliphatic carbocycles. The Morgan fingerprint density at radius 2 is 1.85 bits per heavy atom. The molecule has 0 fully saturated rings. The number of benzene rings is 1. The van der Waals surface area contributed by atoms with Crippen molar-refractivity contribution in [3.8, 4) is 0 Å². The van der Waals surface area contributed by atoms with Gasteiger partial charge in [0.2, 0.25) is 10.0 Å². The Morgan fingerprint density at radius 1 is 1.30 bits per heavy atom. The number of sulfonamides is 1. The van der Waals surface area contributed by atoms with Crippen LogP contribution in [0.25, 0.3) is 0 Å². The van der Waals surface area contributed by atoms with E-state index in [4.69, 9.17) is 23.2 Å². The van der Waals surface area contributed by atoms with Crippen LogP contribution in [0, 0.1) is 5.82 Å². The van der Waals surface area contributed by atoms with Crippen molar-refractivity contribution in [1.82, 2.24) is 4.72 Å². The van der Waals surface area contributed by atoms with Gasteiger partial charge in [0.15, 0.2) is 5.82 Å². The van der Waals surface area contributed by atoms with Crippen LogP contribution in [-0.2, 0) is 10.0 Å². The van der Waals surface area contributed by atoms with Crippen molar-refractivity contribution in [1.29, 1.82) is 0 Å². The molecule has 0 heterocycles. The highest BCUT2D eigenvalue weighted by atomic mass is 35.5. The topological polar surface area (TPSA) is 86.6 Å². The minimum absolute atomic E-state index is 0.132. The van der Waals surface area contributed by atoms with E-state index < -0.39 is 44.5 Å². The summed E-state index contributed by atoms with van der Waals surface area (Å²) in [5.41, 5.74) is -1.45. The van der Waals surface area contributed by atoms with Gasteiger partial charge in [-0.15, -0.1) is 0 Å². The Kier molecular flexibility index (Phi) is 5.77. The molecular weight excluding hydrogens is 332 g/mol. The van der Waals surface area contributed by atoms with E-state index in [1.54, 1.807) is 6.92 Å². The monoisotopic (exact) mass is 345 g/mol. The molecular formula is C11H14Cl2FNO4S. The van der Waals surface area contributed by atoms with E-state index in [-0.39, 0.29) is 11.4 Å². The number of hydrogen-bond acceptors (Lipinski definition) is 4. The summed E-state index contributed by atoms with van der Waals surface area (Å²) in [5, 5.41) is 17.5. The standard InChI is InChI=1S/C11H14Cl2FNO4S/c1-2-11(5-16,6-17)15-20(18,19)8-4-3-7(12)10(14)9(8)13/h3-4,15-17H,2,5-6H2,1H3. The van der Waals surface area contributed by atoms with Gasteiger partial charge in [0.25, 0.3) is 0 Å². The molecule has 9 heteroatoms. The third-order valence-electron chi connectivity index (χ3n) is 2.92. The van der Waals surface area contributed by atoms with Crippen molar-refractivity contribution in [2.24, 2.45) is 0 Å². The first kappa shape index (κ1) is 17.6. The van der Waals surface area contributed by atoms with E-state index in [2.05, 4.69) is 4.72 Å². The molecule has 0 radical (unpaired) electrons. The maximum absolute atomic E-state index is 13.5. The SMILES string of the molecule is CCC(CO)(CO)NS(=O)(=O)c1ccc(Cl)c(F)c1Cl. The minimum Gasteiger partial charge on any atom is -0.394 e. The first-order valence-corrected chi connectivity index (χ1v) is 7.86. The predicted molar refractivity (Wildman–Crippen MR) is 73.9 cm³/mol. The van der Waals surface area contributed by atoms with Crippen LogP contribution in [0.4, 0.5) is 4.39 Å². The first-order chi connectivity index (χ1) is 9.23. The van der Waals surface area contributed by atoms with Gasteiger partial charge in [0.1, 0.15) is 4.90 Å². The molecule has 1 aromatic carbocycles. The third kappa shape index (κ3) is 3.41. The van der Waals surface area contributed by atoms with Crippen LogP contribution < -0.4 is 4.72 Å². The van der Waals surface area contributed by atoms with Crippen LogP contribution in [0.3, 0.4) is 0 Å². The van der Waals surface area contributed by atoms with Crippen LogP contribution in [-0.4, -0.2) is 37.4 Å². The second-order valence-electron chi connectivity index (χ2n) is 4.23. The maximum atomic E-state index is 13.5. The molecule has 0 saturated carbocycles. The molecule has 5 nitrogen and oxygen atoms in total. The lowest BCUT2D eigenvalue weighted by molar-refractivity contribution is 0.105. The van der Waals surface area contributed by atoms with E-state index in [9.17, 15) is 23.0 Å². The minimum atomic E-state index is -4.22. The van der Waals surface area contributed by atoms with Crippen LogP contribution in [0.15, 0.2) is 17.0 Å². The van der Waals surface area contributed by atoms with E-state index in [0.29, 0.717) is 0 Å². The van der Waals surface area contributed by atoms with Gasteiger partial charge in [-0.1, -0.05) is 30.1 Å². The molecule has 20 heavy (non-hydrogen) atoms. The van der Waals surface area contributed by atoms with Gasteiger partial charge in [0, 0.05) is 0 Å². The average molecular weight is 346 g/mol. The van der Waals surface area contributed by atoms with E-state index in [1.165, 1.54) is 0 Å². The lowest BCUT2D eigenvalue weighted by Crippen LogP contribution is -2.53. The fourth-order valence-corrected chi connectivity index (χ4v) is 3.67. The molecule has 0 saturated heterocycles. The Morgan fingerprint density at radius 3 is 2.30 bits per heavy atom. The molecule has 0 aromatic heterocycles. The summed E-state index contributed by atoms with van der Waals surface area (Å²) in [6.45, 7) is 0.346. The first-order valence-electron chi connectivity index (χ1n) is 5.62. The lowest BCUT2D eigenvalue weighted by Gasteiger charge is -2.29. The normalized spacial score (nSPS) is 12.7. The molecule has 1 rings (SSSR count). The van der Waals surface area contributed by atoms with E-state index in [1.807, 2.05) is 0 Å². The average Bonchev–Trinajstić information content (AvgIpc) is 2.42. The van der Waals surface area contributed by atoms with Gasteiger partial charge in [-0.2, -0.15) is 0 Å². The Hall–Kier alpha value is -0.440. The molecule has 0 spiro atoms. The van der Waals surface area contributed by atoms with Crippen molar-refractivity contribution in [2.75, 3.05) is 13.2 Å². The summed E-state index contributed by atoms with van der Waals surface area (Å²) in [7, 11) is -4.22. The van der Waals surface area contributed by atoms with Gasteiger partial charge < -0.3 is 10.2 Å². The molecule has 0 unspecified atom stereocenters.